The van der Waals surface area contributed by atoms with E-state index < -0.39 is 6.10 Å². The first-order valence-corrected chi connectivity index (χ1v) is 8.50. The molecule has 5 heteroatoms. The Bertz CT molecular complexity index is 531. The van der Waals surface area contributed by atoms with Crippen LogP contribution in [0.3, 0.4) is 0 Å². The number of aliphatic hydroxyl groups is 1. The summed E-state index contributed by atoms with van der Waals surface area (Å²) in [6, 6.07) is 5.90. The third-order valence-corrected chi connectivity index (χ3v) is 4.32. The molecule has 2 amide bonds. The van der Waals surface area contributed by atoms with Crippen molar-refractivity contribution < 1.29 is 14.6 Å². The summed E-state index contributed by atoms with van der Waals surface area (Å²) in [5.41, 5.74) is 3.42. The Balaban J connectivity index is 2.07. The smallest absolute Gasteiger partial charge is 0.322 e. The maximum atomic E-state index is 12.6. The van der Waals surface area contributed by atoms with E-state index in [1.54, 1.807) is 11.8 Å². The molecule has 23 heavy (non-hydrogen) atoms. The monoisotopic (exact) mass is 320 g/mol. The molecule has 2 rings (SSSR count). The van der Waals surface area contributed by atoms with Gasteiger partial charge < -0.3 is 20.1 Å². The van der Waals surface area contributed by atoms with Crippen molar-refractivity contribution in [1.29, 1.82) is 0 Å². The van der Waals surface area contributed by atoms with Crippen molar-refractivity contribution in [1.82, 2.24) is 4.90 Å². The number of nitrogens with zero attached hydrogens (tertiary/aromatic N) is 1. The molecule has 2 N–H and O–H groups in total. The number of urea groups is 1. The number of aryl methyl sites for hydroxylation is 2. The van der Waals surface area contributed by atoms with E-state index in [-0.39, 0.29) is 12.1 Å². The van der Waals surface area contributed by atoms with Gasteiger partial charge in [0.1, 0.15) is 0 Å². The summed E-state index contributed by atoms with van der Waals surface area (Å²) in [6.45, 7) is 7.58. The second-order valence-electron chi connectivity index (χ2n) is 6.13. The van der Waals surface area contributed by atoms with Crippen molar-refractivity contribution in [2.24, 2.45) is 0 Å². The molecular weight excluding hydrogens is 292 g/mol. The van der Waals surface area contributed by atoms with Crippen molar-refractivity contribution in [3.63, 3.8) is 0 Å². The molecule has 1 aliphatic rings. The highest BCUT2D eigenvalue weighted by molar-refractivity contribution is 5.89. The van der Waals surface area contributed by atoms with Crippen LogP contribution >= 0.6 is 0 Å². The van der Waals surface area contributed by atoms with Crippen LogP contribution in [0.2, 0.25) is 0 Å². The van der Waals surface area contributed by atoms with Crippen LogP contribution in [0, 0.1) is 0 Å². The largest absolute Gasteiger partial charge is 0.393 e. The Morgan fingerprint density at radius 3 is 2.78 bits per heavy atom. The fourth-order valence-corrected chi connectivity index (χ4v) is 3.08. The topological polar surface area (TPSA) is 61.8 Å². The minimum absolute atomic E-state index is 0.0793. The first-order valence-electron chi connectivity index (χ1n) is 8.50. The number of hydrogen-bond acceptors (Lipinski definition) is 3. The Labute approximate surface area is 138 Å². The summed E-state index contributed by atoms with van der Waals surface area (Å²) in [5, 5.41) is 12.6. The molecule has 1 aromatic rings. The minimum atomic E-state index is -0.451. The standard InChI is InChI=1S/C18H28N2O3/c1-4-14-6-7-16(11-15(14)5-2)19-18(22)20-8-9-23-12-17(20)10-13(3)21/h6-7,11,13,17,21H,4-5,8-10,12H2,1-3H3,(H,19,22)/t13-,17-/m0/s1. The average molecular weight is 320 g/mol. The molecule has 5 nitrogen and oxygen atoms in total. The summed E-state index contributed by atoms with van der Waals surface area (Å²) >= 11 is 0. The van der Waals surface area contributed by atoms with E-state index in [2.05, 4.69) is 31.3 Å². The van der Waals surface area contributed by atoms with Gasteiger partial charge in [0.15, 0.2) is 0 Å². The first kappa shape index (κ1) is 17.8. The number of ether oxygens (including phenoxy) is 1. The lowest BCUT2D eigenvalue weighted by atomic mass is 10.0. The predicted octanol–water partition coefficient (Wildman–Crippen LogP) is 2.82. The molecule has 0 spiro atoms. The van der Waals surface area contributed by atoms with Crippen LogP contribution < -0.4 is 5.32 Å². The average Bonchev–Trinajstić information content (AvgIpc) is 2.54. The zero-order chi connectivity index (χ0) is 16.8. The van der Waals surface area contributed by atoms with Gasteiger partial charge in [-0.25, -0.2) is 4.79 Å². The van der Waals surface area contributed by atoms with Crippen LogP contribution in [0.5, 0.6) is 0 Å². The number of hydrogen-bond donors (Lipinski definition) is 2. The number of anilines is 1. The van der Waals surface area contributed by atoms with E-state index in [0.29, 0.717) is 26.2 Å². The summed E-state index contributed by atoms with van der Waals surface area (Å²) < 4.78 is 5.45. The second-order valence-corrected chi connectivity index (χ2v) is 6.13. The lowest BCUT2D eigenvalue weighted by molar-refractivity contribution is -0.00160. The number of rotatable bonds is 5. The van der Waals surface area contributed by atoms with E-state index in [1.165, 1.54) is 11.1 Å². The first-order chi connectivity index (χ1) is 11.0. The highest BCUT2D eigenvalue weighted by Crippen LogP contribution is 2.19. The lowest BCUT2D eigenvalue weighted by Gasteiger charge is -2.36. The molecule has 0 unspecified atom stereocenters. The Morgan fingerprint density at radius 2 is 2.13 bits per heavy atom. The SMILES string of the molecule is CCc1ccc(NC(=O)N2CCOC[C@@H]2C[C@H](C)O)cc1CC. The Hall–Kier alpha value is -1.59. The molecule has 0 aromatic heterocycles. The minimum Gasteiger partial charge on any atom is -0.393 e. The lowest BCUT2D eigenvalue weighted by Crippen LogP contribution is -2.51. The highest BCUT2D eigenvalue weighted by atomic mass is 16.5. The van der Waals surface area contributed by atoms with Crippen LogP contribution in [0.4, 0.5) is 10.5 Å². The number of carbonyl (C=O) groups is 1. The van der Waals surface area contributed by atoms with Crippen LogP contribution in [-0.4, -0.2) is 47.9 Å². The zero-order valence-corrected chi connectivity index (χ0v) is 14.3. The fourth-order valence-electron chi connectivity index (χ4n) is 3.08. The molecule has 0 aliphatic carbocycles. The van der Waals surface area contributed by atoms with Gasteiger partial charge in [0.25, 0.3) is 0 Å². The third-order valence-electron chi connectivity index (χ3n) is 4.32. The van der Waals surface area contributed by atoms with Crippen molar-refractivity contribution in [2.75, 3.05) is 25.1 Å². The van der Waals surface area contributed by atoms with Gasteiger partial charge in [-0.3, -0.25) is 0 Å². The van der Waals surface area contributed by atoms with E-state index in [9.17, 15) is 9.90 Å². The summed E-state index contributed by atoms with van der Waals surface area (Å²) in [4.78, 5) is 14.4. The molecule has 1 fully saturated rings. The normalized spacial score (nSPS) is 19.5. The molecule has 1 heterocycles. The zero-order valence-electron chi connectivity index (χ0n) is 14.3. The Morgan fingerprint density at radius 1 is 1.39 bits per heavy atom. The molecule has 1 saturated heterocycles. The van der Waals surface area contributed by atoms with Gasteiger partial charge in [0.2, 0.25) is 0 Å². The summed E-state index contributed by atoms with van der Waals surface area (Å²) in [7, 11) is 0. The van der Waals surface area contributed by atoms with Crippen LogP contribution in [0.25, 0.3) is 0 Å². The number of morpholine rings is 1. The maximum Gasteiger partial charge on any atom is 0.322 e. The third kappa shape index (κ3) is 4.69. The molecule has 128 valence electrons. The highest BCUT2D eigenvalue weighted by Gasteiger charge is 2.28. The number of carbonyl (C=O) groups excluding carboxylic acids is 1. The van der Waals surface area contributed by atoms with Gasteiger partial charge in [-0.1, -0.05) is 19.9 Å². The quantitative estimate of drug-likeness (QED) is 0.877. The number of benzene rings is 1. The van der Waals surface area contributed by atoms with Crippen LogP contribution in [-0.2, 0) is 17.6 Å². The molecule has 2 atom stereocenters. The van der Waals surface area contributed by atoms with E-state index in [4.69, 9.17) is 4.74 Å². The van der Waals surface area contributed by atoms with E-state index in [1.807, 2.05) is 6.07 Å². The molecular formula is C18H28N2O3. The molecule has 0 radical (unpaired) electrons. The van der Waals surface area contributed by atoms with Gasteiger partial charge in [-0.15, -0.1) is 0 Å². The van der Waals surface area contributed by atoms with Gasteiger partial charge in [-0.2, -0.15) is 0 Å². The van der Waals surface area contributed by atoms with Crippen LogP contribution in [0.15, 0.2) is 18.2 Å². The van der Waals surface area contributed by atoms with Gasteiger partial charge in [-0.05, 0) is 49.4 Å². The van der Waals surface area contributed by atoms with Crippen molar-refractivity contribution in [3.8, 4) is 0 Å². The Kier molecular flexibility index (Phi) is 6.42. The maximum absolute atomic E-state index is 12.6. The molecule has 0 saturated carbocycles. The fraction of sp³-hybridized carbons (Fsp3) is 0.611. The molecule has 1 aromatic carbocycles. The molecule has 1 aliphatic heterocycles. The summed E-state index contributed by atoms with van der Waals surface area (Å²) in [5.74, 6) is 0. The van der Waals surface area contributed by atoms with Crippen molar-refractivity contribution in [2.45, 2.75) is 52.2 Å². The predicted molar refractivity (Wildman–Crippen MR) is 91.8 cm³/mol. The van der Waals surface area contributed by atoms with Gasteiger partial charge in [0, 0.05) is 12.2 Å². The second kappa shape index (κ2) is 8.31. The van der Waals surface area contributed by atoms with Gasteiger partial charge in [0.05, 0.1) is 25.4 Å². The summed E-state index contributed by atoms with van der Waals surface area (Å²) in [6.07, 6.45) is 2.03. The van der Waals surface area contributed by atoms with Crippen molar-refractivity contribution >= 4 is 11.7 Å². The number of nitrogens with one attached hydrogen (secondary N) is 1. The molecule has 0 bridgehead atoms. The number of amides is 2. The number of aliphatic hydroxyl groups excluding tert-OH is 1. The van der Waals surface area contributed by atoms with E-state index >= 15 is 0 Å². The van der Waals surface area contributed by atoms with Gasteiger partial charge >= 0.3 is 6.03 Å². The van der Waals surface area contributed by atoms with E-state index in [0.717, 1.165) is 18.5 Å². The van der Waals surface area contributed by atoms with Crippen molar-refractivity contribution in [3.05, 3.63) is 29.3 Å². The van der Waals surface area contributed by atoms with Crippen LogP contribution in [0.1, 0.15) is 38.3 Å².